The van der Waals surface area contributed by atoms with E-state index in [0.29, 0.717) is 0 Å². The molecule has 16 heavy (non-hydrogen) atoms. The highest BCUT2D eigenvalue weighted by molar-refractivity contribution is 6.17. The van der Waals surface area contributed by atoms with Crippen LogP contribution in [0.15, 0.2) is 18.6 Å². The van der Waals surface area contributed by atoms with E-state index in [1.807, 2.05) is 6.20 Å². The van der Waals surface area contributed by atoms with Crippen LogP contribution in [0.5, 0.6) is 0 Å². The lowest BCUT2D eigenvalue weighted by atomic mass is 10.1. The molecule has 0 aliphatic carbocycles. The Morgan fingerprint density at radius 3 is 2.19 bits per heavy atom. The van der Waals surface area contributed by atoms with E-state index in [1.54, 1.807) is 12.4 Å². The largest absolute Gasteiger partial charge is 0.261 e. The second kappa shape index (κ2) is 9.59. The molecule has 0 unspecified atom stereocenters. The zero-order valence-electron chi connectivity index (χ0n) is 9.87. The summed E-state index contributed by atoms with van der Waals surface area (Å²) in [7, 11) is 0. The molecule has 0 aromatic carbocycles. The van der Waals surface area contributed by atoms with Gasteiger partial charge in [-0.1, -0.05) is 32.1 Å². The maximum atomic E-state index is 5.62. The summed E-state index contributed by atoms with van der Waals surface area (Å²) in [6.07, 6.45) is 15.4. The lowest BCUT2D eigenvalue weighted by molar-refractivity contribution is 0.588. The first-order valence-electron chi connectivity index (χ1n) is 6.24. The van der Waals surface area contributed by atoms with Gasteiger partial charge in [0.25, 0.3) is 0 Å². The van der Waals surface area contributed by atoms with Crippen LogP contribution in [-0.4, -0.2) is 15.8 Å². The summed E-state index contributed by atoms with van der Waals surface area (Å²) in [5.41, 5.74) is 1.12. The molecule has 0 N–H and O–H groups in total. The van der Waals surface area contributed by atoms with E-state index >= 15 is 0 Å². The van der Waals surface area contributed by atoms with E-state index in [0.717, 1.165) is 18.0 Å². The molecule has 0 radical (unpaired) electrons. The van der Waals surface area contributed by atoms with Crippen molar-refractivity contribution in [3.8, 4) is 0 Å². The van der Waals surface area contributed by atoms with E-state index in [4.69, 9.17) is 11.6 Å². The Balaban J connectivity index is 1.89. The van der Waals surface area contributed by atoms with Crippen LogP contribution >= 0.6 is 11.6 Å². The number of aryl methyl sites for hydroxylation is 1. The first-order valence-corrected chi connectivity index (χ1v) is 6.78. The fraction of sp³-hybridized carbons (Fsp3) is 0.692. The third-order valence-corrected chi connectivity index (χ3v) is 2.95. The molecule has 0 saturated heterocycles. The average molecular weight is 241 g/mol. The Morgan fingerprint density at radius 2 is 1.56 bits per heavy atom. The second-order valence-electron chi connectivity index (χ2n) is 4.11. The molecule has 2 nitrogen and oxygen atoms in total. The summed E-state index contributed by atoms with van der Waals surface area (Å²) in [6, 6.07) is 0. The van der Waals surface area contributed by atoms with Crippen LogP contribution in [0.25, 0.3) is 0 Å². The Morgan fingerprint density at radius 1 is 0.875 bits per heavy atom. The van der Waals surface area contributed by atoms with Crippen molar-refractivity contribution in [1.82, 2.24) is 9.97 Å². The van der Waals surface area contributed by atoms with Crippen molar-refractivity contribution in [2.24, 2.45) is 0 Å². The van der Waals surface area contributed by atoms with Crippen LogP contribution in [0.4, 0.5) is 0 Å². The normalized spacial score (nSPS) is 10.6. The zero-order valence-corrected chi connectivity index (χ0v) is 10.6. The predicted molar refractivity (Wildman–Crippen MR) is 68.8 cm³/mol. The van der Waals surface area contributed by atoms with Crippen molar-refractivity contribution >= 4 is 11.6 Å². The molecule has 3 heteroatoms. The molecule has 0 amide bonds. The molecule has 1 aromatic rings. The summed E-state index contributed by atoms with van der Waals surface area (Å²) in [5, 5.41) is 0. The van der Waals surface area contributed by atoms with Crippen molar-refractivity contribution in [1.29, 1.82) is 0 Å². The van der Waals surface area contributed by atoms with Gasteiger partial charge in [0.1, 0.15) is 0 Å². The van der Waals surface area contributed by atoms with Gasteiger partial charge >= 0.3 is 0 Å². The molecule has 0 aliphatic heterocycles. The summed E-state index contributed by atoms with van der Waals surface area (Å²) in [6.45, 7) is 0. The van der Waals surface area contributed by atoms with E-state index in [-0.39, 0.29) is 0 Å². The van der Waals surface area contributed by atoms with E-state index in [2.05, 4.69) is 9.97 Å². The predicted octanol–water partition coefficient (Wildman–Crippen LogP) is 3.99. The SMILES string of the molecule is ClCCCCCCCCCc1cnccn1. The van der Waals surface area contributed by atoms with Crippen LogP contribution in [0.3, 0.4) is 0 Å². The number of nitrogens with zero attached hydrogens (tertiary/aromatic N) is 2. The second-order valence-corrected chi connectivity index (χ2v) is 4.49. The highest BCUT2D eigenvalue weighted by Crippen LogP contribution is 2.09. The number of rotatable bonds is 9. The maximum absolute atomic E-state index is 5.62. The van der Waals surface area contributed by atoms with Crippen molar-refractivity contribution < 1.29 is 0 Å². The Bertz CT molecular complexity index is 251. The average Bonchev–Trinajstić information content (AvgIpc) is 2.34. The molecular weight excluding hydrogens is 220 g/mol. The summed E-state index contributed by atoms with van der Waals surface area (Å²) >= 11 is 5.62. The molecule has 0 bridgehead atoms. The topological polar surface area (TPSA) is 25.8 Å². The zero-order chi connectivity index (χ0) is 11.5. The molecule has 0 atom stereocenters. The van der Waals surface area contributed by atoms with E-state index in [9.17, 15) is 0 Å². The highest BCUT2D eigenvalue weighted by Gasteiger charge is 1.95. The first kappa shape index (κ1) is 13.4. The summed E-state index contributed by atoms with van der Waals surface area (Å²) in [5.74, 6) is 0.812. The smallest absolute Gasteiger partial charge is 0.0586 e. The number of hydrogen-bond donors (Lipinski definition) is 0. The van der Waals surface area contributed by atoms with Gasteiger partial charge in [-0.2, -0.15) is 0 Å². The highest BCUT2D eigenvalue weighted by atomic mass is 35.5. The van der Waals surface area contributed by atoms with Crippen LogP contribution in [0, 0.1) is 0 Å². The molecule has 0 spiro atoms. The van der Waals surface area contributed by atoms with Gasteiger partial charge in [-0.25, -0.2) is 0 Å². The molecule has 1 rings (SSSR count). The molecule has 0 saturated carbocycles. The lowest BCUT2D eigenvalue weighted by Gasteiger charge is -2.01. The lowest BCUT2D eigenvalue weighted by Crippen LogP contribution is -1.90. The number of hydrogen-bond acceptors (Lipinski definition) is 2. The fourth-order valence-corrected chi connectivity index (χ4v) is 1.93. The molecule has 90 valence electrons. The monoisotopic (exact) mass is 240 g/mol. The minimum Gasteiger partial charge on any atom is -0.261 e. The van der Waals surface area contributed by atoms with Gasteiger partial charge in [0.15, 0.2) is 0 Å². The van der Waals surface area contributed by atoms with Crippen molar-refractivity contribution in [2.45, 2.75) is 51.4 Å². The molecule has 1 aromatic heterocycles. The Labute approximate surface area is 103 Å². The summed E-state index contributed by atoms with van der Waals surface area (Å²) < 4.78 is 0. The number of halogens is 1. The minimum atomic E-state index is 0.812. The maximum Gasteiger partial charge on any atom is 0.0586 e. The number of aromatic nitrogens is 2. The van der Waals surface area contributed by atoms with Crippen molar-refractivity contribution in [3.63, 3.8) is 0 Å². The van der Waals surface area contributed by atoms with E-state index < -0.39 is 0 Å². The molecule has 0 fully saturated rings. The van der Waals surface area contributed by atoms with Gasteiger partial charge in [0, 0.05) is 24.5 Å². The van der Waals surface area contributed by atoms with Crippen LogP contribution in [-0.2, 0) is 6.42 Å². The Hall–Kier alpha value is -0.630. The molecule has 0 aliphatic rings. The van der Waals surface area contributed by atoms with Gasteiger partial charge in [-0.3, -0.25) is 9.97 Å². The van der Waals surface area contributed by atoms with Crippen LogP contribution in [0.2, 0.25) is 0 Å². The van der Waals surface area contributed by atoms with Crippen LogP contribution < -0.4 is 0 Å². The van der Waals surface area contributed by atoms with E-state index in [1.165, 1.54) is 44.9 Å². The van der Waals surface area contributed by atoms with Crippen molar-refractivity contribution in [3.05, 3.63) is 24.3 Å². The molecular formula is C13H21ClN2. The number of unbranched alkanes of at least 4 members (excludes halogenated alkanes) is 6. The van der Waals surface area contributed by atoms with Gasteiger partial charge < -0.3 is 0 Å². The standard InChI is InChI=1S/C13H21ClN2/c14-9-7-5-3-1-2-4-6-8-13-12-15-10-11-16-13/h10-12H,1-9H2. The van der Waals surface area contributed by atoms with Crippen LogP contribution in [0.1, 0.15) is 50.6 Å². The van der Waals surface area contributed by atoms with Gasteiger partial charge in [0.2, 0.25) is 0 Å². The first-order chi connectivity index (χ1) is 7.93. The third kappa shape index (κ3) is 6.78. The number of alkyl halides is 1. The van der Waals surface area contributed by atoms with Gasteiger partial charge in [-0.15, -0.1) is 11.6 Å². The quantitative estimate of drug-likeness (QED) is 0.482. The van der Waals surface area contributed by atoms with Gasteiger partial charge in [-0.05, 0) is 19.3 Å². The van der Waals surface area contributed by atoms with Gasteiger partial charge in [0.05, 0.1) is 5.69 Å². The minimum absolute atomic E-state index is 0.812. The fourth-order valence-electron chi connectivity index (χ4n) is 1.74. The Kier molecular flexibility index (Phi) is 8.05. The summed E-state index contributed by atoms with van der Waals surface area (Å²) in [4.78, 5) is 8.32. The third-order valence-electron chi connectivity index (χ3n) is 2.68. The van der Waals surface area contributed by atoms with Crippen molar-refractivity contribution in [2.75, 3.05) is 5.88 Å². The molecule has 1 heterocycles.